The Bertz CT molecular complexity index is 683. The molecule has 120 valence electrons. The van der Waals surface area contributed by atoms with Gasteiger partial charge in [-0.15, -0.1) is 0 Å². The summed E-state index contributed by atoms with van der Waals surface area (Å²) in [7, 11) is 0. The maximum atomic E-state index is 11.6. The summed E-state index contributed by atoms with van der Waals surface area (Å²) in [5, 5.41) is 2.63. The highest BCUT2D eigenvalue weighted by molar-refractivity contribution is 5.92. The summed E-state index contributed by atoms with van der Waals surface area (Å²) in [6.45, 7) is 3.39. The third kappa shape index (κ3) is 5.47. The Morgan fingerprint density at radius 1 is 0.957 bits per heavy atom. The highest BCUT2D eigenvalue weighted by Crippen LogP contribution is 2.16. The van der Waals surface area contributed by atoms with Gasteiger partial charge >= 0.3 is 5.97 Å². The number of benzene rings is 2. The van der Waals surface area contributed by atoms with Crippen LogP contribution in [0.1, 0.15) is 11.1 Å². The number of amides is 1. The van der Waals surface area contributed by atoms with E-state index in [9.17, 15) is 9.59 Å². The lowest BCUT2D eigenvalue weighted by atomic mass is 10.1. The van der Waals surface area contributed by atoms with E-state index in [1.807, 2.05) is 32.0 Å². The summed E-state index contributed by atoms with van der Waals surface area (Å²) in [4.78, 5) is 23.2. The monoisotopic (exact) mass is 313 g/mol. The number of carbonyl (C=O) groups is 2. The van der Waals surface area contributed by atoms with E-state index < -0.39 is 11.9 Å². The van der Waals surface area contributed by atoms with Crippen LogP contribution in [0.3, 0.4) is 0 Å². The van der Waals surface area contributed by atoms with Gasteiger partial charge in [-0.05, 0) is 49.2 Å². The van der Waals surface area contributed by atoms with Crippen LogP contribution in [0, 0.1) is 13.8 Å². The van der Waals surface area contributed by atoms with Crippen molar-refractivity contribution in [3.8, 4) is 5.75 Å². The van der Waals surface area contributed by atoms with Gasteiger partial charge < -0.3 is 14.8 Å². The molecule has 0 aliphatic carbocycles. The molecule has 0 spiro atoms. The molecule has 1 N–H and O–H groups in total. The Hall–Kier alpha value is -2.82. The average Bonchev–Trinajstić information content (AvgIpc) is 2.55. The Labute approximate surface area is 135 Å². The highest BCUT2D eigenvalue weighted by atomic mass is 16.6. The first-order valence-electron chi connectivity index (χ1n) is 7.25. The molecule has 1 amide bonds. The van der Waals surface area contributed by atoms with Gasteiger partial charge in [-0.2, -0.15) is 0 Å². The first-order chi connectivity index (χ1) is 11.0. The zero-order valence-electron chi connectivity index (χ0n) is 13.2. The van der Waals surface area contributed by atoms with Gasteiger partial charge in [-0.25, -0.2) is 4.79 Å². The molecule has 0 saturated heterocycles. The number of carbonyl (C=O) groups excluding carboxylic acids is 2. The number of aryl methyl sites for hydroxylation is 2. The van der Waals surface area contributed by atoms with E-state index in [0.29, 0.717) is 11.4 Å². The average molecular weight is 313 g/mol. The molecule has 23 heavy (non-hydrogen) atoms. The second kappa shape index (κ2) is 7.98. The van der Waals surface area contributed by atoms with Crippen molar-refractivity contribution in [3.05, 3.63) is 59.7 Å². The van der Waals surface area contributed by atoms with Crippen LogP contribution >= 0.6 is 0 Å². The summed E-state index contributed by atoms with van der Waals surface area (Å²) < 4.78 is 10.2. The Morgan fingerprint density at radius 2 is 1.70 bits per heavy atom. The van der Waals surface area contributed by atoms with Crippen LogP contribution < -0.4 is 10.1 Å². The number of hydrogen-bond acceptors (Lipinski definition) is 4. The quantitative estimate of drug-likeness (QED) is 0.833. The maximum absolute atomic E-state index is 11.6. The molecule has 0 saturated carbocycles. The summed E-state index contributed by atoms with van der Waals surface area (Å²) in [6.07, 6.45) is 0. The molecular weight excluding hydrogens is 294 g/mol. The number of rotatable bonds is 6. The van der Waals surface area contributed by atoms with Crippen molar-refractivity contribution in [1.29, 1.82) is 0 Å². The van der Waals surface area contributed by atoms with Gasteiger partial charge in [0.2, 0.25) is 0 Å². The fraction of sp³-hybridized carbons (Fsp3) is 0.222. The molecule has 2 aromatic rings. The first kappa shape index (κ1) is 16.5. The van der Waals surface area contributed by atoms with Crippen molar-refractivity contribution < 1.29 is 19.1 Å². The summed E-state index contributed by atoms with van der Waals surface area (Å²) >= 11 is 0. The van der Waals surface area contributed by atoms with Gasteiger partial charge in [0, 0.05) is 5.69 Å². The van der Waals surface area contributed by atoms with Crippen LogP contribution in [0.25, 0.3) is 0 Å². The molecular formula is C18H19NO4. The lowest BCUT2D eigenvalue weighted by Crippen LogP contribution is -2.23. The van der Waals surface area contributed by atoms with Crippen LogP contribution in [0.15, 0.2) is 48.5 Å². The maximum Gasteiger partial charge on any atom is 0.344 e. The number of nitrogens with one attached hydrogen (secondary N) is 1. The summed E-state index contributed by atoms with van der Waals surface area (Å²) in [5.74, 6) is -0.388. The van der Waals surface area contributed by atoms with Gasteiger partial charge in [0.1, 0.15) is 5.75 Å². The normalized spacial score (nSPS) is 10.0. The molecule has 2 rings (SSSR count). The Kier molecular flexibility index (Phi) is 5.74. The minimum atomic E-state index is -0.591. The van der Waals surface area contributed by atoms with Crippen LogP contribution in [0.5, 0.6) is 5.75 Å². The van der Waals surface area contributed by atoms with Gasteiger partial charge in [0.25, 0.3) is 5.91 Å². The Morgan fingerprint density at radius 3 is 2.39 bits per heavy atom. The number of ether oxygens (including phenoxy) is 2. The second-order valence-corrected chi connectivity index (χ2v) is 5.11. The van der Waals surface area contributed by atoms with Crippen molar-refractivity contribution in [2.24, 2.45) is 0 Å². The number of esters is 1. The van der Waals surface area contributed by atoms with E-state index in [-0.39, 0.29) is 13.2 Å². The fourth-order valence-corrected chi connectivity index (χ4v) is 1.85. The van der Waals surface area contributed by atoms with Crippen LogP contribution in [0.4, 0.5) is 5.69 Å². The van der Waals surface area contributed by atoms with E-state index in [2.05, 4.69) is 5.32 Å². The predicted molar refractivity (Wildman–Crippen MR) is 87.4 cm³/mol. The zero-order valence-corrected chi connectivity index (χ0v) is 13.2. The van der Waals surface area contributed by atoms with Gasteiger partial charge in [0.15, 0.2) is 13.2 Å². The predicted octanol–water partition coefficient (Wildman–Crippen LogP) is 2.86. The van der Waals surface area contributed by atoms with Crippen molar-refractivity contribution in [2.45, 2.75) is 13.8 Å². The molecule has 5 nitrogen and oxygen atoms in total. The van der Waals surface area contributed by atoms with Gasteiger partial charge in [-0.3, -0.25) is 4.79 Å². The standard InChI is InChI=1S/C18H19NO4/c1-13-8-9-16(10-14(13)2)22-12-18(21)23-11-17(20)19-15-6-4-3-5-7-15/h3-10H,11-12H2,1-2H3,(H,19,20). The number of anilines is 1. The zero-order chi connectivity index (χ0) is 16.7. The third-order valence-electron chi connectivity index (χ3n) is 3.26. The molecule has 0 bridgehead atoms. The number of para-hydroxylation sites is 1. The minimum Gasteiger partial charge on any atom is -0.482 e. The lowest BCUT2D eigenvalue weighted by molar-refractivity contribution is -0.149. The van der Waals surface area contributed by atoms with Crippen molar-refractivity contribution in [1.82, 2.24) is 0 Å². The van der Waals surface area contributed by atoms with Crippen LogP contribution in [-0.2, 0) is 14.3 Å². The molecule has 0 unspecified atom stereocenters. The first-order valence-corrected chi connectivity index (χ1v) is 7.25. The van der Waals surface area contributed by atoms with Gasteiger partial charge in [0.05, 0.1) is 0 Å². The molecule has 0 fully saturated rings. The lowest BCUT2D eigenvalue weighted by Gasteiger charge is -2.09. The number of hydrogen-bond donors (Lipinski definition) is 1. The topological polar surface area (TPSA) is 64.6 Å². The minimum absolute atomic E-state index is 0.235. The molecule has 0 aliphatic heterocycles. The SMILES string of the molecule is Cc1ccc(OCC(=O)OCC(=O)Nc2ccccc2)cc1C. The molecule has 0 atom stereocenters. The Balaban J connectivity index is 1.72. The highest BCUT2D eigenvalue weighted by Gasteiger charge is 2.09. The third-order valence-corrected chi connectivity index (χ3v) is 3.26. The van der Waals surface area contributed by atoms with Crippen LogP contribution in [-0.4, -0.2) is 25.1 Å². The van der Waals surface area contributed by atoms with E-state index in [4.69, 9.17) is 9.47 Å². The van der Waals surface area contributed by atoms with Gasteiger partial charge in [-0.1, -0.05) is 24.3 Å². The van der Waals surface area contributed by atoms with E-state index in [1.165, 1.54) is 0 Å². The van der Waals surface area contributed by atoms with E-state index in [1.54, 1.807) is 30.3 Å². The van der Waals surface area contributed by atoms with Crippen molar-refractivity contribution in [3.63, 3.8) is 0 Å². The van der Waals surface area contributed by atoms with E-state index >= 15 is 0 Å². The molecule has 0 radical (unpaired) electrons. The van der Waals surface area contributed by atoms with Crippen molar-refractivity contribution in [2.75, 3.05) is 18.5 Å². The summed E-state index contributed by atoms with van der Waals surface area (Å²) in [5.41, 5.74) is 2.88. The molecule has 0 aromatic heterocycles. The smallest absolute Gasteiger partial charge is 0.344 e. The second-order valence-electron chi connectivity index (χ2n) is 5.11. The van der Waals surface area contributed by atoms with Crippen molar-refractivity contribution >= 4 is 17.6 Å². The molecule has 0 aliphatic rings. The molecule has 2 aromatic carbocycles. The summed E-state index contributed by atoms with van der Waals surface area (Å²) in [6, 6.07) is 14.5. The molecule has 0 heterocycles. The van der Waals surface area contributed by atoms with Crippen LogP contribution in [0.2, 0.25) is 0 Å². The van der Waals surface area contributed by atoms with E-state index in [0.717, 1.165) is 11.1 Å². The fourth-order valence-electron chi connectivity index (χ4n) is 1.85. The molecule has 5 heteroatoms. The largest absolute Gasteiger partial charge is 0.482 e.